The first-order chi connectivity index (χ1) is 11.3. The van der Waals surface area contributed by atoms with Gasteiger partial charge in [-0.2, -0.15) is 0 Å². The van der Waals surface area contributed by atoms with Crippen LogP contribution in [0.2, 0.25) is 0 Å². The van der Waals surface area contributed by atoms with Gasteiger partial charge in [-0.15, -0.1) is 0 Å². The van der Waals surface area contributed by atoms with E-state index in [0.717, 1.165) is 6.26 Å². The fourth-order valence-electron chi connectivity index (χ4n) is 2.22. The van der Waals surface area contributed by atoms with Crippen molar-refractivity contribution < 1.29 is 27.6 Å². The highest BCUT2D eigenvalue weighted by atomic mass is 32.2. The normalized spacial score (nSPS) is 13.8. The topological polar surface area (TPSA) is 97.8 Å². The van der Waals surface area contributed by atoms with Crippen molar-refractivity contribution in [2.24, 2.45) is 0 Å². The number of carbonyl (C=O) groups excluding carboxylic acids is 3. The van der Waals surface area contributed by atoms with Crippen molar-refractivity contribution in [3.05, 3.63) is 65.2 Å². The molecule has 122 valence electrons. The Balaban J connectivity index is 1.81. The highest BCUT2D eigenvalue weighted by Crippen LogP contribution is 2.23. The molecule has 0 atom stereocenters. The van der Waals surface area contributed by atoms with E-state index in [-0.39, 0.29) is 21.6 Å². The first-order valence-electron chi connectivity index (χ1n) is 6.79. The van der Waals surface area contributed by atoms with E-state index >= 15 is 0 Å². The van der Waals surface area contributed by atoms with E-state index in [0.29, 0.717) is 5.06 Å². The van der Waals surface area contributed by atoms with Crippen LogP contribution in [0, 0.1) is 0 Å². The fraction of sp³-hybridized carbons (Fsp3) is 0.0625. The zero-order chi connectivity index (χ0) is 17.5. The molecule has 24 heavy (non-hydrogen) atoms. The van der Waals surface area contributed by atoms with Gasteiger partial charge in [-0.05, 0) is 36.4 Å². The second kappa shape index (κ2) is 5.57. The molecule has 0 unspecified atom stereocenters. The molecule has 0 bridgehead atoms. The Morgan fingerprint density at radius 2 is 1.42 bits per heavy atom. The van der Waals surface area contributed by atoms with Crippen molar-refractivity contribution >= 4 is 27.6 Å². The standard InChI is InChI=1S/C16H11NO6S/c1-24(21,22)11-8-6-10(7-9-11)16(20)23-17-14(18)12-4-2-3-5-13(12)15(17)19/h2-9H,1H3. The maximum absolute atomic E-state index is 12.1. The Kier molecular flexibility index (Phi) is 3.69. The van der Waals surface area contributed by atoms with Crippen molar-refractivity contribution in [1.29, 1.82) is 0 Å². The molecule has 1 heterocycles. The molecular weight excluding hydrogens is 334 g/mol. The number of hydrogen-bond acceptors (Lipinski definition) is 6. The molecule has 2 aromatic carbocycles. The highest BCUT2D eigenvalue weighted by Gasteiger charge is 2.38. The van der Waals surface area contributed by atoms with Gasteiger partial charge >= 0.3 is 5.97 Å². The molecule has 0 saturated carbocycles. The minimum absolute atomic E-state index is 0.0129. The molecule has 0 aromatic heterocycles. The molecule has 0 radical (unpaired) electrons. The molecule has 3 rings (SSSR count). The first kappa shape index (κ1) is 15.9. The van der Waals surface area contributed by atoms with E-state index in [1.54, 1.807) is 12.1 Å². The third kappa shape index (κ3) is 2.67. The summed E-state index contributed by atoms with van der Waals surface area (Å²) >= 11 is 0. The molecular formula is C16H11NO6S. The summed E-state index contributed by atoms with van der Waals surface area (Å²) in [5.41, 5.74) is 0.324. The van der Waals surface area contributed by atoms with E-state index < -0.39 is 27.6 Å². The smallest absolute Gasteiger partial charge is 0.324 e. The lowest BCUT2D eigenvalue weighted by atomic mass is 10.1. The van der Waals surface area contributed by atoms with E-state index in [4.69, 9.17) is 4.84 Å². The van der Waals surface area contributed by atoms with Crippen LogP contribution >= 0.6 is 0 Å². The molecule has 0 aliphatic carbocycles. The van der Waals surface area contributed by atoms with Crippen LogP contribution in [0.4, 0.5) is 0 Å². The highest BCUT2D eigenvalue weighted by molar-refractivity contribution is 7.90. The number of imide groups is 1. The zero-order valence-electron chi connectivity index (χ0n) is 12.4. The van der Waals surface area contributed by atoms with Crippen LogP contribution in [-0.4, -0.2) is 37.5 Å². The van der Waals surface area contributed by atoms with Gasteiger partial charge in [0.1, 0.15) is 0 Å². The lowest BCUT2D eigenvalue weighted by Crippen LogP contribution is -2.32. The van der Waals surface area contributed by atoms with Crippen LogP contribution in [0.5, 0.6) is 0 Å². The molecule has 1 aliphatic heterocycles. The van der Waals surface area contributed by atoms with Gasteiger partial charge in [0, 0.05) is 6.26 Å². The lowest BCUT2D eigenvalue weighted by Gasteiger charge is -2.12. The van der Waals surface area contributed by atoms with Crippen LogP contribution in [0.1, 0.15) is 31.1 Å². The van der Waals surface area contributed by atoms with Gasteiger partial charge < -0.3 is 4.84 Å². The van der Waals surface area contributed by atoms with E-state index in [1.165, 1.54) is 36.4 Å². The molecule has 1 aliphatic rings. The van der Waals surface area contributed by atoms with Crippen molar-refractivity contribution in [3.63, 3.8) is 0 Å². The number of fused-ring (bicyclic) bond motifs is 1. The number of carbonyl (C=O) groups is 3. The van der Waals surface area contributed by atoms with E-state index in [1.807, 2.05) is 0 Å². The molecule has 7 nitrogen and oxygen atoms in total. The summed E-state index contributed by atoms with van der Waals surface area (Å²) < 4.78 is 22.8. The first-order valence-corrected chi connectivity index (χ1v) is 8.68. The van der Waals surface area contributed by atoms with Gasteiger partial charge in [0.15, 0.2) is 9.84 Å². The third-order valence-corrected chi connectivity index (χ3v) is 4.58. The lowest BCUT2D eigenvalue weighted by molar-refractivity contribution is -0.0584. The summed E-state index contributed by atoms with van der Waals surface area (Å²) in [5, 5.41) is 0.400. The fourth-order valence-corrected chi connectivity index (χ4v) is 2.85. The Morgan fingerprint density at radius 1 is 0.917 bits per heavy atom. The number of hydroxylamine groups is 2. The van der Waals surface area contributed by atoms with E-state index in [2.05, 4.69) is 0 Å². The minimum atomic E-state index is -3.39. The second-order valence-electron chi connectivity index (χ2n) is 5.13. The summed E-state index contributed by atoms with van der Waals surface area (Å²) in [6.07, 6.45) is 1.04. The summed E-state index contributed by atoms with van der Waals surface area (Å²) in [6, 6.07) is 11.1. The molecule has 0 spiro atoms. The quantitative estimate of drug-likeness (QED) is 0.781. The van der Waals surface area contributed by atoms with Gasteiger partial charge in [0.2, 0.25) is 0 Å². The maximum Gasteiger partial charge on any atom is 0.363 e. The van der Waals surface area contributed by atoms with Crippen LogP contribution in [0.25, 0.3) is 0 Å². The van der Waals surface area contributed by atoms with Gasteiger partial charge in [-0.25, -0.2) is 13.2 Å². The monoisotopic (exact) mass is 345 g/mol. The zero-order valence-corrected chi connectivity index (χ0v) is 13.2. The molecule has 2 amide bonds. The van der Waals surface area contributed by atoms with Crippen LogP contribution in [0.15, 0.2) is 53.4 Å². The Morgan fingerprint density at radius 3 is 1.88 bits per heavy atom. The van der Waals surface area contributed by atoms with Crippen molar-refractivity contribution in [3.8, 4) is 0 Å². The summed E-state index contributed by atoms with van der Waals surface area (Å²) in [6.45, 7) is 0. The predicted molar refractivity (Wildman–Crippen MR) is 81.9 cm³/mol. The Labute approximate surface area is 137 Å². The maximum atomic E-state index is 12.1. The van der Waals surface area contributed by atoms with Crippen LogP contribution in [-0.2, 0) is 14.7 Å². The summed E-state index contributed by atoms with van der Waals surface area (Å²) in [5.74, 6) is -2.39. The summed E-state index contributed by atoms with van der Waals surface area (Å²) in [7, 11) is -3.39. The number of amides is 2. The van der Waals surface area contributed by atoms with Crippen LogP contribution in [0.3, 0.4) is 0 Å². The van der Waals surface area contributed by atoms with Crippen molar-refractivity contribution in [1.82, 2.24) is 5.06 Å². The Hall–Kier alpha value is -3.00. The van der Waals surface area contributed by atoms with E-state index in [9.17, 15) is 22.8 Å². The van der Waals surface area contributed by atoms with Gasteiger partial charge in [-0.3, -0.25) is 9.59 Å². The SMILES string of the molecule is CS(=O)(=O)c1ccc(C(=O)ON2C(=O)c3ccccc3C2=O)cc1. The third-order valence-electron chi connectivity index (χ3n) is 3.45. The van der Waals surface area contributed by atoms with Crippen molar-refractivity contribution in [2.75, 3.05) is 6.26 Å². The number of hydrogen-bond donors (Lipinski definition) is 0. The number of rotatable bonds is 3. The van der Waals surface area contributed by atoms with Gasteiger partial charge in [0.25, 0.3) is 11.8 Å². The number of benzene rings is 2. The largest absolute Gasteiger partial charge is 0.363 e. The predicted octanol–water partition coefficient (Wildman–Crippen LogP) is 1.46. The molecule has 0 fully saturated rings. The number of nitrogens with zero attached hydrogens (tertiary/aromatic N) is 1. The molecule has 8 heteroatoms. The molecule has 0 saturated heterocycles. The molecule has 2 aromatic rings. The number of sulfone groups is 1. The molecule has 0 N–H and O–H groups in total. The van der Waals surface area contributed by atoms with Gasteiger partial charge in [0.05, 0.1) is 21.6 Å². The van der Waals surface area contributed by atoms with Gasteiger partial charge in [-0.1, -0.05) is 17.2 Å². The summed E-state index contributed by atoms with van der Waals surface area (Å²) in [4.78, 5) is 41.2. The average molecular weight is 345 g/mol. The second-order valence-corrected chi connectivity index (χ2v) is 7.14. The van der Waals surface area contributed by atoms with Crippen LogP contribution < -0.4 is 0 Å². The minimum Gasteiger partial charge on any atom is -0.324 e. The Bertz CT molecular complexity index is 927. The average Bonchev–Trinajstić information content (AvgIpc) is 2.79. The van der Waals surface area contributed by atoms with Crippen molar-refractivity contribution in [2.45, 2.75) is 4.90 Å².